The Balaban J connectivity index is 2.08. The third-order valence-electron chi connectivity index (χ3n) is 2.73. The minimum atomic E-state index is -0.174. The number of methoxy groups -OCH3 is 1. The molecule has 0 aromatic carbocycles. The van der Waals surface area contributed by atoms with Gasteiger partial charge in [-0.1, -0.05) is 13.3 Å². The quantitative estimate of drug-likeness (QED) is 0.634. The highest BCUT2D eigenvalue weighted by atomic mass is 16.5. The van der Waals surface area contributed by atoms with Crippen LogP contribution in [0.1, 0.15) is 32.6 Å². The van der Waals surface area contributed by atoms with Crippen LogP contribution in [0.5, 0.6) is 0 Å². The average Bonchev–Trinajstić information content (AvgIpc) is 2.86. The van der Waals surface area contributed by atoms with E-state index in [1.165, 1.54) is 32.8 Å². The van der Waals surface area contributed by atoms with E-state index in [9.17, 15) is 4.79 Å². The lowest BCUT2D eigenvalue weighted by molar-refractivity contribution is -0.139. The summed E-state index contributed by atoms with van der Waals surface area (Å²) in [4.78, 5) is 10.8. The molecule has 1 aliphatic carbocycles. The fourth-order valence-electron chi connectivity index (χ4n) is 1.72. The van der Waals surface area contributed by atoms with Gasteiger partial charge in [-0.25, -0.2) is 0 Å². The van der Waals surface area contributed by atoms with Crippen LogP contribution in [0.4, 0.5) is 0 Å². The molecule has 0 unspecified atom stereocenters. The summed E-state index contributed by atoms with van der Waals surface area (Å²) < 4.78 is 4.54. The highest BCUT2D eigenvalue weighted by molar-refractivity contribution is 5.71. The summed E-state index contributed by atoms with van der Waals surface area (Å²) in [5.41, 5.74) is 0.517. The van der Waals surface area contributed by atoms with Crippen LogP contribution in [0.25, 0.3) is 0 Å². The van der Waals surface area contributed by atoms with Gasteiger partial charge < -0.3 is 10.1 Å². The molecule has 0 saturated heterocycles. The molecule has 13 heavy (non-hydrogen) atoms. The molecule has 0 radical (unpaired) electrons. The van der Waals surface area contributed by atoms with Crippen LogP contribution in [0.15, 0.2) is 0 Å². The first kappa shape index (κ1) is 10.5. The second-order valence-corrected chi connectivity index (χ2v) is 3.93. The van der Waals surface area contributed by atoms with E-state index >= 15 is 0 Å². The Morgan fingerprint density at radius 2 is 2.23 bits per heavy atom. The van der Waals surface area contributed by atoms with Crippen molar-refractivity contribution in [1.29, 1.82) is 0 Å². The van der Waals surface area contributed by atoms with Crippen LogP contribution in [0.2, 0.25) is 0 Å². The van der Waals surface area contributed by atoms with E-state index in [0.717, 1.165) is 6.54 Å². The second-order valence-electron chi connectivity index (χ2n) is 3.93. The van der Waals surface area contributed by atoms with E-state index in [4.69, 9.17) is 0 Å². The second kappa shape index (κ2) is 4.61. The largest absolute Gasteiger partial charge is 0.468 e. The first-order valence-corrected chi connectivity index (χ1v) is 5.00. The molecule has 1 fully saturated rings. The van der Waals surface area contributed by atoms with Crippen molar-refractivity contribution in [3.8, 4) is 0 Å². The summed E-state index contributed by atoms with van der Waals surface area (Å²) in [6.45, 7) is 3.53. The topological polar surface area (TPSA) is 38.3 Å². The molecule has 0 amide bonds. The van der Waals surface area contributed by atoms with Crippen molar-refractivity contribution in [1.82, 2.24) is 5.32 Å². The summed E-state index contributed by atoms with van der Waals surface area (Å²) in [6.07, 6.45) is 5.14. The SMILES string of the molecule is CCCC1(CNCC(=O)OC)CC1. The maximum atomic E-state index is 10.8. The van der Waals surface area contributed by atoms with Crippen LogP contribution in [-0.2, 0) is 9.53 Å². The van der Waals surface area contributed by atoms with Gasteiger partial charge in [0, 0.05) is 6.54 Å². The molecule has 0 aromatic rings. The Kier molecular flexibility index (Phi) is 3.72. The fourth-order valence-corrected chi connectivity index (χ4v) is 1.72. The number of carbonyl (C=O) groups excluding carboxylic acids is 1. The Hall–Kier alpha value is -0.570. The van der Waals surface area contributed by atoms with Crippen molar-refractivity contribution in [3.05, 3.63) is 0 Å². The van der Waals surface area contributed by atoms with Crippen LogP contribution < -0.4 is 5.32 Å². The van der Waals surface area contributed by atoms with E-state index in [1.54, 1.807) is 0 Å². The third-order valence-corrected chi connectivity index (χ3v) is 2.73. The van der Waals surface area contributed by atoms with Gasteiger partial charge in [-0.05, 0) is 24.7 Å². The van der Waals surface area contributed by atoms with E-state index in [-0.39, 0.29) is 5.97 Å². The summed E-state index contributed by atoms with van der Waals surface area (Å²) in [6, 6.07) is 0. The molecule has 0 spiro atoms. The van der Waals surface area contributed by atoms with E-state index in [0.29, 0.717) is 12.0 Å². The lowest BCUT2D eigenvalue weighted by Gasteiger charge is -2.13. The van der Waals surface area contributed by atoms with Crippen LogP contribution in [-0.4, -0.2) is 26.2 Å². The van der Waals surface area contributed by atoms with Crippen molar-refractivity contribution >= 4 is 5.97 Å². The van der Waals surface area contributed by atoms with Gasteiger partial charge in [0.15, 0.2) is 0 Å². The molecule has 3 heteroatoms. The van der Waals surface area contributed by atoms with Crippen molar-refractivity contribution in [2.75, 3.05) is 20.2 Å². The van der Waals surface area contributed by atoms with Crippen molar-refractivity contribution in [2.45, 2.75) is 32.6 Å². The zero-order valence-electron chi connectivity index (χ0n) is 8.56. The van der Waals surface area contributed by atoms with Gasteiger partial charge in [0.05, 0.1) is 13.7 Å². The number of rotatable bonds is 6. The number of esters is 1. The van der Waals surface area contributed by atoms with Gasteiger partial charge >= 0.3 is 5.97 Å². The molecule has 0 heterocycles. The molecule has 1 rings (SSSR count). The van der Waals surface area contributed by atoms with Crippen molar-refractivity contribution < 1.29 is 9.53 Å². The molecule has 0 atom stereocenters. The molecule has 1 saturated carbocycles. The number of ether oxygens (including phenoxy) is 1. The van der Waals surface area contributed by atoms with Crippen LogP contribution in [0.3, 0.4) is 0 Å². The van der Waals surface area contributed by atoms with E-state index in [1.807, 2.05) is 0 Å². The van der Waals surface area contributed by atoms with Crippen LogP contribution >= 0.6 is 0 Å². The average molecular weight is 185 g/mol. The minimum absolute atomic E-state index is 0.174. The minimum Gasteiger partial charge on any atom is -0.468 e. The summed E-state index contributed by atoms with van der Waals surface area (Å²) in [5, 5.41) is 3.15. The van der Waals surface area contributed by atoms with E-state index in [2.05, 4.69) is 17.0 Å². The Morgan fingerprint density at radius 1 is 1.54 bits per heavy atom. The first-order chi connectivity index (χ1) is 6.22. The van der Waals surface area contributed by atoms with Gasteiger partial charge in [0.2, 0.25) is 0 Å². The number of hydrogen-bond donors (Lipinski definition) is 1. The highest BCUT2D eigenvalue weighted by Gasteiger charge is 2.40. The van der Waals surface area contributed by atoms with Gasteiger partial charge in [0.1, 0.15) is 0 Å². The lowest BCUT2D eigenvalue weighted by atomic mass is 10.0. The van der Waals surface area contributed by atoms with Crippen molar-refractivity contribution in [2.24, 2.45) is 5.41 Å². The predicted octanol–water partition coefficient (Wildman–Crippen LogP) is 1.33. The molecule has 0 bridgehead atoms. The lowest BCUT2D eigenvalue weighted by Crippen LogP contribution is -2.29. The summed E-state index contributed by atoms with van der Waals surface area (Å²) in [7, 11) is 1.42. The smallest absolute Gasteiger partial charge is 0.319 e. The Morgan fingerprint density at radius 3 is 2.69 bits per heavy atom. The van der Waals surface area contributed by atoms with Crippen molar-refractivity contribution in [3.63, 3.8) is 0 Å². The zero-order valence-corrected chi connectivity index (χ0v) is 8.56. The standard InChI is InChI=1S/C10H19NO2/c1-3-4-10(5-6-10)8-11-7-9(12)13-2/h11H,3-8H2,1-2H3. The number of hydrogen-bond acceptors (Lipinski definition) is 3. The summed E-state index contributed by atoms with van der Waals surface area (Å²) in [5.74, 6) is -0.174. The Labute approximate surface area is 79.8 Å². The van der Waals surface area contributed by atoms with Gasteiger partial charge in [-0.3, -0.25) is 4.79 Å². The molecule has 3 nitrogen and oxygen atoms in total. The monoisotopic (exact) mass is 185 g/mol. The Bertz CT molecular complexity index is 176. The normalized spacial score (nSPS) is 18.3. The molecular weight excluding hydrogens is 166 g/mol. The summed E-state index contributed by atoms with van der Waals surface area (Å²) >= 11 is 0. The van der Waals surface area contributed by atoms with E-state index < -0.39 is 0 Å². The van der Waals surface area contributed by atoms with Gasteiger partial charge in [0.25, 0.3) is 0 Å². The maximum absolute atomic E-state index is 10.8. The zero-order chi connectivity index (χ0) is 9.73. The third kappa shape index (κ3) is 3.35. The van der Waals surface area contributed by atoms with Crippen LogP contribution in [0, 0.1) is 5.41 Å². The molecule has 1 N–H and O–H groups in total. The number of carbonyl (C=O) groups is 1. The first-order valence-electron chi connectivity index (χ1n) is 5.00. The molecular formula is C10H19NO2. The van der Waals surface area contributed by atoms with Gasteiger partial charge in [-0.15, -0.1) is 0 Å². The highest BCUT2D eigenvalue weighted by Crippen LogP contribution is 2.48. The molecule has 76 valence electrons. The molecule has 0 aliphatic heterocycles. The predicted molar refractivity (Wildman–Crippen MR) is 51.5 cm³/mol. The fraction of sp³-hybridized carbons (Fsp3) is 0.900. The van der Waals surface area contributed by atoms with Gasteiger partial charge in [-0.2, -0.15) is 0 Å². The molecule has 0 aromatic heterocycles. The maximum Gasteiger partial charge on any atom is 0.319 e. The number of nitrogens with one attached hydrogen (secondary N) is 1. The molecule has 1 aliphatic rings.